The Labute approximate surface area is 141 Å². The molecule has 0 aliphatic heterocycles. The fourth-order valence-electron chi connectivity index (χ4n) is 2.00. The van der Waals surface area contributed by atoms with Gasteiger partial charge in [-0.25, -0.2) is 0 Å². The molecule has 1 aromatic carbocycles. The summed E-state index contributed by atoms with van der Waals surface area (Å²) in [5.41, 5.74) is 2.25. The predicted molar refractivity (Wildman–Crippen MR) is 95.5 cm³/mol. The molecule has 0 unspecified atom stereocenters. The second kappa shape index (κ2) is 7.92. The maximum atomic E-state index is 12.3. The van der Waals surface area contributed by atoms with Crippen molar-refractivity contribution in [1.82, 2.24) is 10.3 Å². The first-order valence-corrected chi connectivity index (χ1v) is 7.45. The summed E-state index contributed by atoms with van der Waals surface area (Å²) in [5, 5.41) is 5.43. The number of nitrogens with zero attached hydrogens (tertiary/aromatic N) is 2. The molecule has 0 spiro atoms. The average molecular weight is 324 g/mol. The SMILES string of the molecule is C=CCNC(=O)c1ccnc(C(=O)Nc2ccc(N(C)C)cc2)c1. The smallest absolute Gasteiger partial charge is 0.274 e. The van der Waals surface area contributed by atoms with Crippen molar-refractivity contribution in [2.45, 2.75) is 0 Å². The molecular weight excluding hydrogens is 304 g/mol. The van der Waals surface area contributed by atoms with Crippen molar-refractivity contribution in [3.8, 4) is 0 Å². The molecule has 1 heterocycles. The minimum absolute atomic E-state index is 0.179. The summed E-state index contributed by atoms with van der Waals surface area (Å²) < 4.78 is 0. The van der Waals surface area contributed by atoms with Gasteiger partial charge in [-0.15, -0.1) is 6.58 Å². The lowest BCUT2D eigenvalue weighted by atomic mass is 10.2. The van der Waals surface area contributed by atoms with Crippen molar-refractivity contribution in [3.05, 3.63) is 66.5 Å². The van der Waals surface area contributed by atoms with E-state index in [9.17, 15) is 9.59 Å². The monoisotopic (exact) mass is 324 g/mol. The van der Waals surface area contributed by atoms with E-state index in [1.807, 2.05) is 43.3 Å². The van der Waals surface area contributed by atoms with Gasteiger partial charge in [-0.2, -0.15) is 0 Å². The molecule has 0 atom stereocenters. The lowest BCUT2D eigenvalue weighted by Gasteiger charge is -2.13. The van der Waals surface area contributed by atoms with Crippen LogP contribution in [-0.4, -0.2) is 37.4 Å². The van der Waals surface area contributed by atoms with Crippen molar-refractivity contribution >= 4 is 23.2 Å². The molecule has 0 saturated carbocycles. The zero-order chi connectivity index (χ0) is 17.5. The number of hydrogen-bond acceptors (Lipinski definition) is 4. The number of hydrogen-bond donors (Lipinski definition) is 2. The molecule has 2 N–H and O–H groups in total. The Bertz CT molecular complexity index is 739. The van der Waals surface area contributed by atoms with Crippen LogP contribution in [0.3, 0.4) is 0 Å². The molecule has 24 heavy (non-hydrogen) atoms. The Balaban J connectivity index is 2.09. The number of amides is 2. The summed E-state index contributed by atoms with van der Waals surface area (Å²) in [6.07, 6.45) is 3.02. The summed E-state index contributed by atoms with van der Waals surface area (Å²) in [6.45, 7) is 3.90. The second-order valence-corrected chi connectivity index (χ2v) is 5.32. The van der Waals surface area contributed by atoms with E-state index >= 15 is 0 Å². The van der Waals surface area contributed by atoms with Crippen LogP contribution in [0.5, 0.6) is 0 Å². The Hall–Kier alpha value is -3.15. The third kappa shape index (κ3) is 4.42. The van der Waals surface area contributed by atoms with Crippen LogP contribution >= 0.6 is 0 Å². The third-order valence-electron chi connectivity index (χ3n) is 3.30. The van der Waals surface area contributed by atoms with E-state index in [0.29, 0.717) is 17.8 Å². The first-order valence-electron chi connectivity index (χ1n) is 7.45. The molecule has 6 heteroatoms. The van der Waals surface area contributed by atoms with E-state index in [0.717, 1.165) is 5.69 Å². The molecule has 0 aliphatic carbocycles. The number of nitrogens with one attached hydrogen (secondary N) is 2. The zero-order valence-corrected chi connectivity index (χ0v) is 13.7. The zero-order valence-electron chi connectivity index (χ0n) is 13.7. The molecule has 0 radical (unpaired) electrons. The van der Waals surface area contributed by atoms with Crippen LogP contribution in [0.2, 0.25) is 0 Å². The summed E-state index contributed by atoms with van der Waals surface area (Å²) in [5.74, 6) is -0.646. The van der Waals surface area contributed by atoms with Crippen LogP contribution in [0.1, 0.15) is 20.8 Å². The van der Waals surface area contributed by atoms with Crippen molar-refractivity contribution in [3.63, 3.8) is 0 Å². The number of pyridine rings is 1. The summed E-state index contributed by atoms with van der Waals surface area (Å²) in [7, 11) is 3.89. The Kier molecular flexibility index (Phi) is 5.68. The number of carbonyl (C=O) groups is 2. The van der Waals surface area contributed by atoms with Crippen molar-refractivity contribution in [1.29, 1.82) is 0 Å². The predicted octanol–water partition coefficient (Wildman–Crippen LogP) is 2.32. The van der Waals surface area contributed by atoms with Crippen LogP contribution in [0, 0.1) is 0 Å². The van der Waals surface area contributed by atoms with E-state index < -0.39 is 0 Å². The highest BCUT2D eigenvalue weighted by atomic mass is 16.2. The highest BCUT2D eigenvalue weighted by molar-refractivity contribution is 6.04. The van der Waals surface area contributed by atoms with Gasteiger partial charge in [-0.1, -0.05) is 6.08 Å². The minimum Gasteiger partial charge on any atom is -0.378 e. The van der Waals surface area contributed by atoms with Gasteiger partial charge in [0, 0.05) is 43.8 Å². The molecule has 2 rings (SSSR count). The van der Waals surface area contributed by atoms with Crippen molar-refractivity contribution in [2.24, 2.45) is 0 Å². The Morgan fingerprint density at radius 1 is 1.17 bits per heavy atom. The van der Waals surface area contributed by atoms with Crippen LogP contribution < -0.4 is 15.5 Å². The number of anilines is 2. The molecule has 0 bridgehead atoms. The first-order chi connectivity index (χ1) is 11.5. The lowest BCUT2D eigenvalue weighted by molar-refractivity contribution is 0.0958. The number of benzene rings is 1. The number of carbonyl (C=O) groups excluding carboxylic acids is 2. The highest BCUT2D eigenvalue weighted by Gasteiger charge is 2.12. The molecule has 0 aliphatic rings. The van der Waals surface area contributed by atoms with Crippen LogP contribution in [0.25, 0.3) is 0 Å². The average Bonchev–Trinajstić information content (AvgIpc) is 2.60. The topological polar surface area (TPSA) is 74.3 Å². The van der Waals surface area contributed by atoms with Crippen LogP contribution in [-0.2, 0) is 0 Å². The van der Waals surface area contributed by atoms with Gasteiger partial charge in [0.25, 0.3) is 11.8 Å². The van der Waals surface area contributed by atoms with Gasteiger partial charge in [0.15, 0.2) is 0 Å². The van der Waals surface area contributed by atoms with E-state index in [1.54, 1.807) is 12.1 Å². The van der Waals surface area contributed by atoms with Gasteiger partial charge in [0.05, 0.1) is 0 Å². The van der Waals surface area contributed by atoms with Crippen molar-refractivity contribution < 1.29 is 9.59 Å². The van der Waals surface area contributed by atoms with Gasteiger partial charge in [-0.3, -0.25) is 14.6 Å². The molecular formula is C18H20N4O2. The maximum Gasteiger partial charge on any atom is 0.274 e. The summed E-state index contributed by atoms with van der Waals surface area (Å²) in [4.78, 5) is 30.2. The molecule has 124 valence electrons. The van der Waals surface area contributed by atoms with E-state index in [-0.39, 0.29) is 17.5 Å². The fourth-order valence-corrected chi connectivity index (χ4v) is 2.00. The first kappa shape index (κ1) is 17.2. The van der Waals surface area contributed by atoms with Crippen molar-refractivity contribution in [2.75, 3.05) is 30.9 Å². The standard InChI is InChI=1S/C18H20N4O2/c1-4-10-20-17(23)13-9-11-19-16(12-13)18(24)21-14-5-7-15(8-6-14)22(2)3/h4-9,11-12H,1,10H2,2-3H3,(H,20,23)(H,21,24). The Morgan fingerprint density at radius 2 is 1.88 bits per heavy atom. The van der Waals surface area contributed by atoms with Gasteiger partial charge in [-0.05, 0) is 36.4 Å². The third-order valence-corrected chi connectivity index (χ3v) is 3.30. The molecule has 6 nitrogen and oxygen atoms in total. The van der Waals surface area contributed by atoms with Gasteiger partial charge in [0.1, 0.15) is 5.69 Å². The minimum atomic E-state index is -0.369. The number of aromatic nitrogens is 1. The highest BCUT2D eigenvalue weighted by Crippen LogP contribution is 2.16. The molecule has 2 amide bonds. The van der Waals surface area contributed by atoms with Crippen LogP contribution in [0.15, 0.2) is 55.3 Å². The van der Waals surface area contributed by atoms with Gasteiger partial charge >= 0.3 is 0 Å². The largest absolute Gasteiger partial charge is 0.378 e. The molecule has 0 saturated heterocycles. The Morgan fingerprint density at radius 3 is 2.50 bits per heavy atom. The lowest BCUT2D eigenvalue weighted by Crippen LogP contribution is -2.24. The fraction of sp³-hybridized carbons (Fsp3) is 0.167. The normalized spacial score (nSPS) is 9.92. The molecule has 0 fully saturated rings. The second-order valence-electron chi connectivity index (χ2n) is 5.32. The van der Waals surface area contributed by atoms with E-state index in [2.05, 4.69) is 22.2 Å². The maximum absolute atomic E-state index is 12.3. The van der Waals surface area contributed by atoms with E-state index in [1.165, 1.54) is 12.3 Å². The molecule has 1 aromatic heterocycles. The van der Waals surface area contributed by atoms with Gasteiger partial charge in [0.2, 0.25) is 0 Å². The van der Waals surface area contributed by atoms with Gasteiger partial charge < -0.3 is 15.5 Å². The quantitative estimate of drug-likeness (QED) is 0.800. The number of rotatable bonds is 6. The summed E-state index contributed by atoms with van der Waals surface area (Å²) >= 11 is 0. The summed E-state index contributed by atoms with van der Waals surface area (Å²) in [6, 6.07) is 10.5. The van der Waals surface area contributed by atoms with E-state index in [4.69, 9.17) is 0 Å². The molecule has 2 aromatic rings. The van der Waals surface area contributed by atoms with Crippen LogP contribution in [0.4, 0.5) is 11.4 Å².